The molecule has 5 rings (SSSR count). The summed E-state index contributed by atoms with van der Waals surface area (Å²) in [5, 5.41) is 6.73. The molecule has 2 N–H and O–H groups in total. The average molecular weight is 546 g/mol. The number of hydrogen-bond acceptors (Lipinski definition) is 9. The van der Waals surface area contributed by atoms with Crippen molar-refractivity contribution in [2.75, 3.05) is 55.6 Å². The van der Waals surface area contributed by atoms with Gasteiger partial charge in [0.25, 0.3) is 0 Å². The zero-order valence-electron chi connectivity index (χ0n) is 24.9. The van der Waals surface area contributed by atoms with Crippen molar-refractivity contribution in [1.29, 1.82) is 0 Å². The molecular weight excluding hydrogens is 502 g/mol. The van der Waals surface area contributed by atoms with Gasteiger partial charge in [-0.25, -0.2) is 9.97 Å². The molecule has 0 bridgehead atoms. The number of anilines is 5. The fraction of sp³-hybridized carbons (Fsp3) is 0.516. The number of rotatable bonds is 10. The number of aromatic nitrogens is 3. The van der Waals surface area contributed by atoms with Crippen LogP contribution in [0.5, 0.6) is 0 Å². The Labute approximate surface area is 238 Å². The Hall–Kier alpha value is -3.27. The Morgan fingerprint density at radius 1 is 1.15 bits per heavy atom. The molecule has 0 spiro atoms. The van der Waals surface area contributed by atoms with Crippen molar-refractivity contribution in [3.05, 3.63) is 59.9 Å². The zero-order valence-corrected chi connectivity index (χ0v) is 24.9. The lowest BCUT2D eigenvalue weighted by molar-refractivity contribution is -0.0893. The number of fused-ring (bicyclic) bond motifs is 3. The summed E-state index contributed by atoms with van der Waals surface area (Å²) in [6.45, 7) is 13.6. The molecule has 2 aliphatic heterocycles. The number of likely N-dealkylation sites (N-methyl/N-ethyl adjacent to an activating group) is 1. The van der Waals surface area contributed by atoms with Crippen molar-refractivity contribution in [3.63, 3.8) is 0 Å². The van der Waals surface area contributed by atoms with E-state index < -0.39 is 0 Å². The Morgan fingerprint density at radius 3 is 2.65 bits per heavy atom. The molecule has 9 heteroatoms. The van der Waals surface area contributed by atoms with E-state index in [9.17, 15) is 0 Å². The molecule has 4 heterocycles. The summed E-state index contributed by atoms with van der Waals surface area (Å²) in [5.74, 6) is 2.35. The molecule has 0 amide bonds. The quantitative estimate of drug-likeness (QED) is 0.328. The summed E-state index contributed by atoms with van der Waals surface area (Å²) in [5.41, 5.74) is 3.67. The van der Waals surface area contributed by atoms with E-state index in [0.29, 0.717) is 19.2 Å². The Balaban J connectivity index is 1.46. The first-order valence-electron chi connectivity index (χ1n) is 14.3. The van der Waals surface area contributed by atoms with Gasteiger partial charge >= 0.3 is 0 Å². The summed E-state index contributed by atoms with van der Waals surface area (Å²) >= 11 is 0. The van der Waals surface area contributed by atoms with Gasteiger partial charge in [-0.3, -0.25) is 0 Å². The number of ether oxygens (including phenoxy) is 2. The Bertz CT molecular complexity index is 1320. The number of hydrogen-bond donors (Lipinski definition) is 2. The molecule has 1 fully saturated rings. The van der Waals surface area contributed by atoms with E-state index >= 15 is 0 Å². The molecular formula is C31H43N7O2. The molecule has 0 saturated carbocycles. The molecule has 1 aromatic carbocycles. The van der Waals surface area contributed by atoms with Gasteiger partial charge in [0.05, 0.1) is 30.6 Å². The van der Waals surface area contributed by atoms with Gasteiger partial charge in [0.2, 0.25) is 5.95 Å². The standard InChI is InChI=1S/C31H43N7O2/c1-8-39-17-16-37(7)23-14-12-22(13-15-23)34-29-33-19-24-28(36-29)38(26-18-30(3,4)40-20-31(24,26)5)27-11-9-10-25(35-27)21(2)32-6/h9-15,19,21,26,32H,8,16-18,20H2,1-7H3,(H,33,34,36)/t21-,26-,31-/m1/s1. The summed E-state index contributed by atoms with van der Waals surface area (Å²) in [6, 6.07) is 14.8. The van der Waals surface area contributed by atoms with Gasteiger partial charge in [-0.05, 0) is 77.6 Å². The third-order valence-electron chi connectivity index (χ3n) is 8.33. The second-order valence-corrected chi connectivity index (χ2v) is 11.7. The molecule has 3 aromatic rings. The van der Waals surface area contributed by atoms with Gasteiger partial charge in [-0.15, -0.1) is 0 Å². The van der Waals surface area contributed by atoms with E-state index in [2.05, 4.69) is 97.6 Å². The molecule has 9 nitrogen and oxygen atoms in total. The maximum absolute atomic E-state index is 6.35. The molecule has 0 radical (unpaired) electrons. The highest BCUT2D eigenvalue weighted by Crippen LogP contribution is 2.53. The van der Waals surface area contributed by atoms with E-state index in [1.807, 2.05) is 20.2 Å². The number of pyridine rings is 1. The minimum atomic E-state index is -0.247. The van der Waals surface area contributed by atoms with Crippen LogP contribution in [0.4, 0.5) is 29.0 Å². The molecule has 2 aliphatic rings. The van der Waals surface area contributed by atoms with Crippen molar-refractivity contribution in [2.45, 2.75) is 64.1 Å². The fourth-order valence-electron chi connectivity index (χ4n) is 5.63. The molecule has 2 aromatic heterocycles. The predicted octanol–water partition coefficient (Wildman–Crippen LogP) is 5.35. The van der Waals surface area contributed by atoms with Gasteiger partial charge in [0.15, 0.2) is 0 Å². The topological polar surface area (TPSA) is 87.7 Å². The lowest BCUT2D eigenvalue weighted by Gasteiger charge is -2.46. The predicted molar refractivity (Wildman–Crippen MR) is 161 cm³/mol. The van der Waals surface area contributed by atoms with Crippen molar-refractivity contribution in [3.8, 4) is 0 Å². The van der Waals surface area contributed by atoms with E-state index in [4.69, 9.17) is 24.4 Å². The summed E-state index contributed by atoms with van der Waals surface area (Å²) in [6.07, 6.45) is 2.82. The number of nitrogens with one attached hydrogen (secondary N) is 2. The second kappa shape index (κ2) is 11.3. The summed E-state index contributed by atoms with van der Waals surface area (Å²) < 4.78 is 11.8. The van der Waals surface area contributed by atoms with Gasteiger partial charge in [0.1, 0.15) is 11.6 Å². The fourth-order valence-corrected chi connectivity index (χ4v) is 5.63. The van der Waals surface area contributed by atoms with Crippen LogP contribution in [0.1, 0.15) is 58.3 Å². The van der Waals surface area contributed by atoms with Crippen molar-refractivity contribution in [2.24, 2.45) is 0 Å². The van der Waals surface area contributed by atoms with Crippen LogP contribution < -0.4 is 20.4 Å². The molecule has 3 atom stereocenters. The third kappa shape index (κ3) is 5.50. The first-order valence-corrected chi connectivity index (χ1v) is 14.3. The smallest absolute Gasteiger partial charge is 0.229 e. The first-order chi connectivity index (χ1) is 19.1. The second-order valence-electron chi connectivity index (χ2n) is 11.7. The highest BCUT2D eigenvalue weighted by molar-refractivity contribution is 5.71. The molecule has 214 valence electrons. The van der Waals surface area contributed by atoms with Crippen LogP contribution in [0.2, 0.25) is 0 Å². The van der Waals surface area contributed by atoms with Crippen molar-refractivity contribution in [1.82, 2.24) is 20.3 Å². The van der Waals surface area contributed by atoms with Gasteiger partial charge in [-0.1, -0.05) is 13.0 Å². The lowest BCUT2D eigenvalue weighted by atomic mass is 9.73. The van der Waals surface area contributed by atoms with Crippen LogP contribution in [-0.2, 0) is 14.9 Å². The van der Waals surface area contributed by atoms with Crippen LogP contribution in [0.25, 0.3) is 0 Å². The van der Waals surface area contributed by atoms with Gasteiger partial charge in [0, 0.05) is 54.8 Å². The highest BCUT2D eigenvalue weighted by Gasteiger charge is 2.55. The van der Waals surface area contributed by atoms with Crippen LogP contribution >= 0.6 is 0 Å². The SMILES string of the molecule is CCOCCN(C)c1ccc(Nc2ncc3c(n2)N(c2cccc([C@@H](C)NC)n2)[C@@H]2CC(C)(C)OC[C@]32C)cc1. The number of nitrogens with zero attached hydrogens (tertiary/aromatic N) is 5. The third-order valence-corrected chi connectivity index (χ3v) is 8.33. The van der Waals surface area contributed by atoms with Crippen LogP contribution in [0.3, 0.4) is 0 Å². The summed E-state index contributed by atoms with van der Waals surface area (Å²) in [4.78, 5) is 19.4. The maximum atomic E-state index is 6.35. The van der Waals surface area contributed by atoms with E-state index in [-0.39, 0.29) is 23.1 Å². The van der Waals surface area contributed by atoms with E-state index in [1.165, 1.54) is 0 Å². The molecule has 0 aliphatic carbocycles. The van der Waals surface area contributed by atoms with Crippen LogP contribution in [0.15, 0.2) is 48.7 Å². The first kappa shape index (κ1) is 28.3. The van der Waals surface area contributed by atoms with Crippen LogP contribution in [0, 0.1) is 0 Å². The Kier molecular flexibility index (Phi) is 7.99. The largest absolute Gasteiger partial charge is 0.380 e. The Morgan fingerprint density at radius 2 is 1.93 bits per heavy atom. The van der Waals surface area contributed by atoms with Crippen molar-refractivity contribution < 1.29 is 9.47 Å². The van der Waals surface area contributed by atoms with E-state index in [1.54, 1.807) is 0 Å². The number of benzene rings is 1. The molecule has 40 heavy (non-hydrogen) atoms. The van der Waals surface area contributed by atoms with Gasteiger partial charge in [-0.2, -0.15) is 4.98 Å². The van der Waals surface area contributed by atoms with Crippen LogP contribution in [-0.4, -0.2) is 67.1 Å². The molecule has 1 saturated heterocycles. The molecule has 0 unspecified atom stereocenters. The summed E-state index contributed by atoms with van der Waals surface area (Å²) in [7, 11) is 4.03. The normalized spacial score (nSPS) is 22.0. The lowest BCUT2D eigenvalue weighted by Crippen LogP contribution is -2.54. The van der Waals surface area contributed by atoms with Gasteiger partial charge < -0.3 is 29.9 Å². The zero-order chi connectivity index (χ0) is 28.5. The highest BCUT2D eigenvalue weighted by atomic mass is 16.5. The van der Waals surface area contributed by atoms with Crippen molar-refractivity contribution >= 4 is 29.0 Å². The maximum Gasteiger partial charge on any atom is 0.229 e. The average Bonchev–Trinajstić information content (AvgIpc) is 3.19. The monoisotopic (exact) mass is 545 g/mol. The van der Waals surface area contributed by atoms with E-state index in [0.717, 1.165) is 53.8 Å². The minimum absolute atomic E-state index is 0.142. The minimum Gasteiger partial charge on any atom is -0.380 e.